The Bertz CT molecular complexity index is 521. The molecule has 5 heteroatoms. The van der Waals surface area contributed by atoms with Crippen LogP contribution in [-0.2, 0) is 6.42 Å². The van der Waals surface area contributed by atoms with Crippen molar-refractivity contribution in [2.24, 2.45) is 0 Å². The summed E-state index contributed by atoms with van der Waals surface area (Å²) in [5, 5.41) is 4.69. The predicted molar refractivity (Wildman–Crippen MR) is 84.0 cm³/mol. The Labute approximate surface area is 129 Å². The minimum absolute atomic E-state index is 0.122. The van der Waals surface area contributed by atoms with E-state index in [4.69, 9.17) is 23.2 Å². The number of likely N-dealkylation sites (N-methyl/N-ethyl adjacent to an activating group) is 1. The Balaban J connectivity index is 2.28. The molecule has 2 aromatic rings. The molecule has 18 heavy (non-hydrogen) atoms. The van der Waals surface area contributed by atoms with E-state index >= 15 is 0 Å². The van der Waals surface area contributed by atoms with E-state index < -0.39 is 0 Å². The molecule has 0 spiro atoms. The van der Waals surface area contributed by atoms with Gasteiger partial charge in [0.05, 0.1) is 3.79 Å². The Morgan fingerprint density at radius 2 is 1.89 bits per heavy atom. The van der Waals surface area contributed by atoms with E-state index in [-0.39, 0.29) is 6.04 Å². The topological polar surface area (TPSA) is 12.0 Å². The molecular weight excluding hydrogens is 353 g/mol. The summed E-state index contributed by atoms with van der Waals surface area (Å²) in [6.45, 7) is 0. The van der Waals surface area contributed by atoms with E-state index in [1.807, 2.05) is 25.2 Å². The molecule has 1 unspecified atom stereocenters. The van der Waals surface area contributed by atoms with Gasteiger partial charge in [0.15, 0.2) is 0 Å². The zero-order chi connectivity index (χ0) is 13.1. The molecule has 0 bridgehead atoms. The van der Waals surface area contributed by atoms with E-state index in [1.54, 1.807) is 11.3 Å². The van der Waals surface area contributed by atoms with Crippen LogP contribution < -0.4 is 5.32 Å². The highest BCUT2D eigenvalue weighted by Crippen LogP contribution is 2.33. The van der Waals surface area contributed by atoms with Crippen LogP contribution in [0.2, 0.25) is 10.0 Å². The number of hydrogen-bond donors (Lipinski definition) is 1. The van der Waals surface area contributed by atoms with Gasteiger partial charge in [-0.15, -0.1) is 11.3 Å². The molecule has 0 radical (unpaired) electrons. The fraction of sp³-hybridized carbons (Fsp3) is 0.231. The molecule has 1 N–H and O–H groups in total. The fourth-order valence-corrected chi connectivity index (χ4v) is 4.04. The maximum Gasteiger partial charge on any atom is 0.0701 e. The largest absolute Gasteiger partial charge is 0.313 e. The lowest BCUT2D eigenvalue weighted by Gasteiger charge is -2.18. The average Bonchev–Trinajstić information content (AvgIpc) is 2.73. The van der Waals surface area contributed by atoms with E-state index in [9.17, 15) is 0 Å². The van der Waals surface area contributed by atoms with Crippen LogP contribution >= 0.6 is 50.5 Å². The monoisotopic (exact) mass is 363 g/mol. The van der Waals surface area contributed by atoms with Gasteiger partial charge in [-0.3, -0.25) is 0 Å². The number of hydrogen-bond acceptors (Lipinski definition) is 2. The maximum atomic E-state index is 6.24. The smallest absolute Gasteiger partial charge is 0.0701 e. The SMILES string of the molecule is CNC(Cc1ccc(Br)s1)c1c(Cl)cccc1Cl. The van der Waals surface area contributed by atoms with Gasteiger partial charge < -0.3 is 5.32 Å². The summed E-state index contributed by atoms with van der Waals surface area (Å²) >= 11 is 17.7. The zero-order valence-corrected chi connectivity index (χ0v) is 13.6. The third-order valence-corrected chi connectivity index (χ3v) is 5.04. The highest BCUT2D eigenvalue weighted by molar-refractivity contribution is 9.11. The molecule has 0 aliphatic heterocycles. The van der Waals surface area contributed by atoms with Crippen molar-refractivity contribution in [2.45, 2.75) is 12.5 Å². The van der Waals surface area contributed by atoms with Crippen molar-refractivity contribution >= 4 is 50.5 Å². The van der Waals surface area contributed by atoms with E-state index in [0.717, 1.165) is 15.8 Å². The molecule has 1 aromatic heterocycles. The summed E-state index contributed by atoms with van der Waals surface area (Å²) in [4.78, 5) is 1.29. The van der Waals surface area contributed by atoms with E-state index in [0.29, 0.717) is 10.0 Å². The fourth-order valence-electron chi connectivity index (χ4n) is 1.85. The number of thiophene rings is 1. The maximum absolute atomic E-state index is 6.24. The first-order valence-electron chi connectivity index (χ1n) is 5.47. The number of benzene rings is 1. The van der Waals surface area contributed by atoms with Crippen LogP contribution in [0.1, 0.15) is 16.5 Å². The van der Waals surface area contributed by atoms with E-state index in [2.05, 4.69) is 33.4 Å². The molecule has 96 valence electrons. The summed E-state index contributed by atoms with van der Waals surface area (Å²) in [6, 6.07) is 9.90. The average molecular weight is 365 g/mol. The molecule has 1 heterocycles. The first kappa shape index (κ1) is 14.4. The van der Waals surface area contributed by atoms with Gasteiger partial charge in [0, 0.05) is 32.9 Å². The lowest BCUT2D eigenvalue weighted by molar-refractivity contribution is 0.597. The van der Waals surface area contributed by atoms with Crippen LogP contribution in [0.4, 0.5) is 0 Å². The first-order chi connectivity index (χ1) is 8.61. The van der Waals surface area contributed by atoms with Crippen molar-refractivity contribution < 1.29 is 0 Å². The van der Waals surface area contributed by atoms with Crippen LogP contribution in [0.15, 0.2) is 34.1 Å². The van der Waals surface area contributed by atoms with Crippen molar-refractivity contribution in [1.82, 2.24) is 5.32 Å². The lowest BCUT2D eigenvalue weighted by Crippen LogP contribution is -2.19. The summed E-state index contributed by atoms with van der Waals surface area (Å²) in [5.41, 5.74) is 0.966. The molecule has 1 atom stereocenters. The molecule has 0 aliphatic rings. The summed E-state index contributed by atoms with van der Waals surface area (Å²) in [7, 11) is 1.92. The van der Waals surface area contributed by atoms with Crippen LogP contribution in [0.25, 0.3) is 0 Å². The molecule has 2 rings (SSSR count). The van der Waals surface area contributed by atoms with Gasteiger partial charge in [0.1, 0.15) is 0 Å². The standard InChI is InChI=1S/C13H12BrCl2NS/c1-17-11(7-8-5-6-12(14)18-8)13-9(15)3-2-4-10(13)16/h2-6,11,17H,7H2,1H3. The second kappa shape index (κ2) is 6.40. The third kappa shape index (κ3) is 3.28. The Morgan fingerprint density at radius 3 is 2.39 bits per heavy atom. The molecule has 0 amide bonds. The van der Waals surface area contributed by atoms with Crippen molar-refractivity contribution in [3.05, 3.63) is 54.6 Å². The van der Waals surface area contributed by atoms with Gasteiger partial charge in [-0.25, -0.2) is 0 Å². The molecule has 1 nitrogen and oxygen atoms in total. The van der Waals surface area contributed by atoms with Crippen molar-refractivity contribution in [1.29, 1.82) is 0 Å². The lowest BCUT2D eigenvalue weighted by atomic mass is 10.0. The van der Waals surface area contributed by atoms with Crippen LogP contribution in [-0.4, -0.2) is 7.05 Å². The van der Waals surface area contributed by atoms with Gasteiger partial charge in [-0.05, 0) is 47.2 Å². The van der Waals surface area contributed by atoms with Crippen molar-refractivity contribution in [2.75, 3.05) is 7.05 Å². The summed E-state index contributed by atoms with van der Waals surface area (Å²) in [5.74, 6) is 0. The quantitative estimate of drug-likeness (QED) is 0.773. The normalized spacial score (nSPS) is 12.7. The van der Waals surface area contributed by atoms with Gasteiger partial charge in [0.25, 0.3) is 0 Å². The van der Waals surface area contributed by atoms with Crippen LogP contribution in [0.3, 0.4) is 0 Å². The Morgan fingerprint density at radius 1 is 1.22 bits per heavy atom. The van der Waals surface area contributed by atoms with Crippen LogP contribution in [0.5, 0.6) is 0 Å². The molecule has 0 aliphatic carbocycles. The first-order valence-corrected chi connectivity index (χ1v) is 7.83. The molecule has 0 saturated carbocycles. The Kier molecular flexibility index (Phi) is 5.10. The minimum Gasteiger partial charge on any atom is -0.313 e. The zero-order valence-electron chi connectivity index (χ0n) is 9.71. The summed E-state index contributed by atoms with van der Waals surface area (Å²) in [6.07, 6.45) is 0.871. The molecule has 0 saturated heterocycles. The van der Waals surface area contributed by atoms with Crippen molar-refractivity contribution in [3.63, 3.8) is 0 Å². The highest BCUT2D eigenvalue weighted by atomic mass is 79.9. The summed E-state index contributed by atoms with van der Waals surface area (Å²) < 4.78 is 1.14. The van der Waals surface area contributed by atoms with Gasteiger partial charge in [-0.1, -0.05) is 29.3 Å². The predicted octanol–water partition coefficient (Wildman–Crippen LogP) is 5.32. The van der Waals surface area contributed by atoms with E-state index in [1.165, 1.54) is 4.88 Å². The molecule has 1 aromatic carbocycles. The number of rotatable bonds is 4. The Hall–Kier alpha value is -0.0600. The highest BCUT2D eigenvalue weighted by Gasteiger charge is 2.17. The molecule has 0 fully saturated rings. The molecular formula is C13H12BrCl2NS. The number of halogens is 3. The minimum atomic E-state index is 0.122. The second-order valence-corrected chi connectivity index (χ2v) is 7.25. The van der Waals surface area contributed by atoms with Gasteiger partial charge in [0.2, 0.25) is 0 Å². The van der Waals surface area contributed by atoms with Crippen molar-refractivity contribution in [3.8, 4) is 0 Å². The number of nitrogens with one attached hydrogen (secondary N) is 1. The van der Waals surface area contributed by atoms with Gasteiger partial charge >= 0.3 is 0 Å². The van der Waals surface area contributed by atoms with Crippen LogP contribution in [0, 0.1) is 0 Å². The second-order valence-electron chi connectivity index (χ2n) is 3.89. The third-order valence-electron chi connectivity index (χ3n) is 2.73. The van der Waals surface area contributed by atoms with Gasteiger partial charge in [-0.2, -0.15) is 0 Å².